The van der Waals surface area contributed by atoms with E-state index in [1.807, 2.05) is 0 Å². The largest absolute Gasteiger partial charge is 0.480 e. The van der Waals surface area contributed by atoms with Crippen LogP contribution in [0.25, 0.3) is 0 Å². The van der Waals surface area contributed by atoms with E-state index in [1.165, 1.54) is 0 Å². The van der Waals surface area contributed by atoms with Gasteiger partial charge in [-0.1, -0.05) is 0 Å². The summed E-state index contributed by atoms with van der Waals surface area (Å²) in [5, 5.41) is 8.78. The fraction of sp³-hybridized carbons (Fsp3) is 0.857. The summed E-state index contributed by atoms with van der Waals surface area (Å²) in [5.41, 5.74) is 0. The third-order valence-corrected chi connectivity index (χ3v) is 3.06. The first-order chi connectivity index (χ1) is 5.13. The zero-order valence-electron chi connectivity index (χ0n) is 5.92. The van der Waals surface area contributed by atoms with Crippen molar-refractivity contribution < 1.29 is 14.6 Å². The Morgan fingerprint density at radius 1 is 1.64 bits per heavy atom. The molecule has 3 atom stereocenters. The van der Waals surface area contributed by atoms with Gasteiger partial charge in [-0.3, -0.25) is 4.79 Å². The average molecular weight is 177 g/mol. The summed E-state index contributed by atoms with van der Waals surface area (Å²) in [6.45, 7) is 0. The highest BCUT2D eigenvalue weighted by Gasteiger charge is 2.56. The Labute approximate surface area is 69.3 Å². The number of carboxylic acids is 1. The van der Waals surface area contributed by atoms with Crippen LogP contribution in [0.2, 0.25) is 0 Å². The van der Waals surface area contributed by atoms with Crippen molar-refractivity contribution in [1.82, 2.24) is 0 Å². The Bertz CT molecular complexity index is 206. The molecule has 0 unspecified atom stereocenters. The van der Waals surface area contributed by atoms with Gasteiger partial charge in [0.05, 0.1) is 12.2 Å². The molecule has 0 spiro atoms. The Balaban J connectivity index is 2.23. The second-order valence-corrected chi connectivity index (χ2v) is 3.87. The second kappa shape index (κ2) is 2.11. The van der Waals surface area contributed by atoms with Crippen molar-refractivity contribution in [2.45, 2.75) is 36.3 Å². The van der Waals surface area contributed by atoms with Gasteiger partial charge in [-0.2, -0.15) is 0 Å². The van der Waals surface area contributed by atoms with Crippen LogP contribution in [0.1, 0.15) is 19.3 Å². The van der Waals surface area contributed by atoms with Gasteiger partial charge in [0.15, 0.2) is 4.87 Å². The molecule has 2 rings (SSSR count). The van der Waals surface area contributed by atoms with E-state index in [0.717, 1.165) is 12.8 Å². The number of alkyl halides is 1. The predicted molar refractivity (Wildman–Crippen MR) is 38.7 cm³/mol. The van der Waals surface area contributed by atoms with E-state index in [2.05, 4.69) is 0 Å². The fourth-order valence-corrected chi connectivity index (χ4v) is 2.21. The number of halogens is 1. The lowest BCUT2D eigenvalue weighted by molar-refractivity contribution is -0.141. The lowest BCUT2D eigenvalue weighted by Gasteiger charge is -2.23. The van der Waals surface area contributed by atoms with Gasteiger partial charge in [0.25, 0.3) is 0 Å². The Kier molecular flexibility index (Phi) is 1.41. The van der Waals surface area contributed by atoms with E-state index < -0.39 is 10.8 Å². The molecule has 2 aliphatic heterocycles. The minimum Gasteiger partial charge on any atom is -0.480 e. The summed E-state index contributed by atoms with van der Waals surface area (Å²) in [5.74, 6) is -0.939. The molecule has 2 fully saturated rings. The molecule has 0 amide bonds. The topological polar surface area (TPSA) is 46.5 Å². The Hall–Kier alpha value is -0.280. The summed E-state index contributed by atoms with van der Waals surface area (Å²) < 4.78 is 5.34. The molecule has 2 saturated heterocycles. The number of hydrogen-bond acceptors (Lipinski definition) is 2. The number of carboxylic acid groups (broad SMARTS) is 1. The number of fused-ring (bicyclic) bond motifs is 2. The van der Waals surface area contributed by atoms with Crippen LogP contribution in [0.4, 0.5) is 0 Å². The normalized spacial score (nSPS) is 48.1. The average Bonchev–Trinajstić information content (AvgIpc) is 2.45. The molecule has 4 heteroatoms. The van der Waals surface area contributed by atoms with E-state index in [1.54, 1.807) is 0 Å². The molecule has 11 heavy (non-hydrogen) atoms. The maximum Gasteiger partial charge on any atom is 0.327 e. The van der Waals surface area contributed by atoms with E-state index >= 15 is 0 Å². The lowest BCUT2D eigenvalue weighted by Crippen LogP contribution is -2.41. The van der Waals surface area contributed by atoms with Crippen molar-refractivity contribution in [3.8, 4) is 0 Å². The quantitative estimate of drug-likeness (QED) is 0.607. The highest BCUT2D eigenvalue weighted by Crippen LogP contribution is 2.45. The van der Waals surface area contributed by atoms with Crippen LogP contribution in [0.5, 0.6) is 0 Å². The summed E-state index contributed by atoms with van der Waals surface area (Å²) in [6.07, 6.45) is 2.06. The molecule has 3 nitrogen and oxygen atoms in total. The maximum absolute atomic E-state index is 10.7. The van der Waals surface area contributed by atoms with Gasteiger partial charge < -0.3 is 9.84 Å². The van der Waals surface area contributed by atoms with Crippen LogP contribution >= 0.6 is 11.6 Å². The molecule has 0 radical (unpaired) electrons. The van der Waals surface area contributed by atoms with Crippen LogP contribution in [0.15, 0.2) is 0 Å². The molecule has 0 aliphatic carbocycles. The van der Waals surface area contributed by atoms with E-state index in [4.69, 9.17) is 21.4 Å². The van der Waals surface area contributed by atoms with Gasteiger partial charge in [-0.05, 0) is 12.8 Å². The first-order valence-corrected chi connectivity index (χ1v) is 4.08. The molecule has 0 aromatic rings. The molecule has 0 aromatic heterocycles. The van der Waals surface area contributed by atoms with Crippen molar-refractivity contribution in [2.24, 2.45) is 0 Å². The number of rotatable bonds is 1. The molecule has 1 N–H and O–H groups in total. The standard InChI is InChI=1S/C7H9ClO3/c8-7(6(9)10)3-4-1-2-5(7)11-4/h4-5H,1-3H2,(H,9,10)/t4-,5-,7-/m1/s1. The Morgan fingerprint density at radius 3 is 2.64 bits per heavy atom. The smallest absolute Gasteiger partial charge is 0.327 e. The zero-order chi connectivity index (χ0) is 8.06. The van der Waals surface area contributed by atoms with Crippen LogP contribution in [-0.2, 0) is 9.53 Å². The minimum atomic E-state index is -1.12. The number of ether oxygens (including phenoxy) is 1. The minimum absolute atomic E-state index is 0.0913. The van der Waals surface area contributed by atoms with Crippen LogP contribution < -0.4 is 0 Å². The zero-order valence-corrected chi connectivity index (χ0v) is 6.67. The number of aliphatic carboxylic acids is 1. The van der Waals surface area contributed by atoms with Crippen LogP contribution in [0.3, 0.4) is 0 Å². The van der Waals surface area contributed by atoms with Crippen molar-refractivity contribution >= 4 is 17.6 Å². The van der Waals surface area contributed by atoms with Gasteiger partial charge in [0.1, 0.15) is 0 Å². The third kappa shape index (κ3) is 0.876. The summed E-state index contributed by atoms with van der Waals surface area (Å²) >= 11 is 5.88. The second-order valence-electron chi connectivity index (χ2n) is 3.20. The number of carbonyl (C=O) groups is 1. The highest BCUT2D eigenvalue weighted by molar-refractivity contribution is 6.34. The molecule has 2 heterocycles. The van der Waals surface area contributed by atoms with Crippen molar-refractivity contribution in [2.75, 3.05) is 0 Å². The lowest BCUT2D eigenvalue weighted by atomic mass is 9.88. The molecular weight excluding hydrogens is 168 g/mol. The first kappa shape index (κ1) is 7.37. The first-order valence-electron chi connectivity index (χ1n) is 3.71. The van der Waals surface area contributed by atoms with Crippen molar-refractivity contribution in [1.29, 1.82) is 0 Å². The van der Waals surface area contributed by atoms with E-state index in [9.17, 15) is 4.79 Å². The van der Waals surface area contributed by atoms with Gasteiger partial charge in [-0.15, -0.1) is 11.6 Å². The molecule has 62 valence electrons. The summed E-state index contributed by atoms with van der Waals surface area (Å²) in [7, 11) is 0. The molecule has 0 aromatic carbocycles. The monoisotopic (exact) mass is 176 g/mol. The fourth-order valence-electron chi connectivity index (χ4n) is 1.88. The van der Waals surface area contributed by atoms with E-state index in [-0.39, 0.29) is 12.2 Å². The predicted octanol–water partition coefficient (Wildman–Crippen LogP) is 1.000. The van der Waals surface area contributed by atoms with Gasteiger partial charge in [-0.25, -0.2) is 0 Å². The maximum atomic E-state index is 10.7. The van der Waals surface area contributed by atoms with Gasteiger partial charge >= 0.3 is 5.97 Å². The summed E-state index contributed by atoms with van der Waals surface area (Å²) in [6, 6.07) is 0. The van der Waals surface area contributed by atoms with Crippen LogP contribution in [0, 0.1) is 0 Å². The van der Waals surface area contributed by atoms with Gasteiger partial charge in [0, 0.05) is 6.42 Å². The molecule has 2 bridgehead atoms. The van der Waals surface area contributed by atoms with Gasteiger partial charge in [0.2, 0.25) is 0 Å². The molecule has 2 aliphatic rings. The number of hydrogen-bond donors (Lipinski definition) is 1. The van der Waals surface area contributed by atoms with Crippen LogP contribution in [-0.4, -0.2) is 28.2 Å². The van der Waals surface area contributed by atoms with Crippen molar-refractivity contribution in [3.63, 3.8) is 0 Å². The summed E-state index contributed by atoms with van der Waals surface area (Å²) in [4.78, 5) is 9.58. The SMILES string of the molecule is O=C(O)[C@@]1(Cl)C[C@H]2CC[C@H]1O2. The third-order valence-electron chi connectivity index (χ3n) is 2.50. The Morgan fingerprint density at radius 2 is 2.36 bits per heavy atom. The van der Waals surface area contributed by atoms with E-state index in [0.29, 0.717) is 6.42 Å². The molecular formula is C7H9ClO3. The van der Waals surface area contributed by atoms with Crippen molar-refractivity contribution in [3.05, 3.63) is 0 Å². The molecule has 0 saturated carbocycles. The highest BCUT2D eigenvalue weighted by atomic mass is 35.5.